The van der Waals surface area contributed by atoms with Gasteiger partial charge in [0.05, 0.1) is 11.4 Å². The average Bonchev–Trinajstić information content (AvgIpc) is 0.725. The van der Waals surface area contributed by atoms with Crippen LogP contribution in [0, 0.1) is 0 Å². The van der Waals surface area contributed by atoms with E-state index in [-0.39, 0.29) is 0 Å². The summed E-state index contributed by atoms with van der Waals surface area (Å²) in [5, 5.41) is 12.4. The summed E-state index contributed by atoms with van der Waals surface area (Å²) in [6, 6.07) is 89.4. The number of hydrogen-bond acceptors (Lipinski definition) is 18. The maximum Gasteiger partial charge on any atom is 0.160 e. The van der Waals surface area contributed by atoms with E-state index >= 15 is 0 Å². The Morgan fingerprint density at radius 1 is 0.123 bits per heavy atom. The van der Waals surface area contributed by atoms with E-state index in [1.165, 1.54) is 0 Å². The van der Waals surface area contributed by atoms with E-state index < -0.39 is 0 Å². The second-order valence-corrected chi connectivity index (χ2v) is 26.5. The third-order valence-corrected chi connectivity index (χ3v) is 19.8. The molecule has 0 spiro atoms. The maximum absolute atomic E-state index is 5.08. The lowest BCUT2D eigenvalue weighted by atomic mass is 9.89. The van der Waals surface area contributed by atoms with Crippen molar-refractivity contribution in [3.8, 4) is 136 Å². The Morgan fingerprint density at radius 3 is 0.632 bits per heavy atom. The van der Waals surface area contributed by atoms with Crippen LogP contribution in [0.25, 0.3) is 201 Å². The zero-order valence-corrected chi connectivity index (χ0v) is 60.7. The molecule has 18 heteroatoms. The molecule has 0 aliphatic carbocycles. The molecule has 0 radical (unpaired) electrons. The summed E-state index contributed by atoms with van der Waals surface area (Å²) in [7, 11) is 0. The lowest BCUT2D eigenvalue weighted by molar-refractivity contribution is 1.17. The Bertz CT molecular complexity index is 6990. The molecule has 9 heterocycles. The van der Waals surface area contributed by atoms with E-state index in [1.807, 2.05) is 127 Å². The SMILES string of the molecule is c1ccc(-c2cc(-c3ccccc3)nc(-c3ccc4c(-c5ncccn5)c5ccccc5c(-c5ncccn5)c4c3)n2)cc1.c1cnc(-c2ccc(-c3ccc4c(-c5ncccn5)c5ccccc5c(-c5ncccn5)c4c3)cc2)nc1.c1cnc(-c2ccc3c(-c4ncccn4)c4ccccc4c(-c4ncccn4)c3c2)nc1. The van der Waals surface area contributed by atoms with Gasteiger partial charge in [-0.3, -0.25) is 0 Å². The van der Waals surface area contributed by atoms with Crippen molar-refractivity contribution < 1.29 is 0 Å². The lowest BCUT2D eigenvalue weighted by Crippen LogP contribution is -1.98. The molecule has 0 saturated heterocycles. The minimum absolute atomic E-state index is 0.637. The predicted molar refractivity (Wildman–Crippen MR) is 450 cm³/mol. The van der Waals surface area contributed by atoms with Gasteiger partial charge in [-0.15, -0.1) is 0 Å². The normalized spacial score (nSPS) is 11.2. The minimum Gasteiger partial charge on any atom is -0.237 e. The quantitative estimate of drug-likeness (QED) is 0.103. The highest BCUT2D eigenvalue weighted by atomic mass is 14.9. The van der Waals surface area contributed by atoms with Crippen LogP contribution in [0.3, 0.4) is 0 Å². The molecular weight excluding hydrogens is 1410 g/mol. The second-order valence-electron chi connectivity index (χ2n) is 26.5. The van der Waals surface area contributed by atoms with E-state index in [4.69, 9.17) is 9.97 Å². The maximum atomic E-state index is 5.08. The number of hydrogen-bond donors (Lipinski definition) is 0. The van der Waals surface area contributed by atoms with Gasteiger partial charge in [-0.1, -0.05) is 194 Å². The molecule has 0 aliphatic rings. The summed E-state index contributed by atoms with van der Waals surface area (Å²) in [6.07, 6.45) is 28.3. The van der Waals surface area contributed by atoms with Crippen molar-refractivity contribution in [2.24, 2.45) is 0 Å². The van der Waals surface area contributed by atoms with E-state index in [0.29, 0.717) is 52.4 Å². The van der Waals surface area contributed by atoms with Gasteiger partial charge in [0, 0.05) is 160 Å². The second kappa shape index (κ2) is 30.9. The van der Waals surface area contributed by atoms with Crippen molar-refractivity contribution in [2.45, 2.75) is 0 Å². The Labute approximate surface area is 652 Å². The smallest absolute Gasteiger partial charge is 0.160 e. The van der Waals surface area contributed by atoms with Crippen molar-refractivity contribution in [3.63, 3.8) is 0 Å². The summed E-state index contributed by atoms with van der Waals surface area (Å²) in [4.78, 5) is 83.3. The summed E-state index contributed by atoms with van der Waals surface area (Å²) >= 11 is 0. The first-order chi connectivity index (χ1) is 56.6. The van der Waals surface area contributed by atoms with Crippen LogP contribution in [-0.4, -0.2) is 89.7 Å². The molecule has 0 saturated carbocycles. The summed E-state index contributed by atoms with van der Waals surface area (Å²) < 4.78 is 0. The largest absolute Gasteiger partial charge is 0.237 e. The van der Waals surface area contributed by atoms with Crippen LogP contribution in [0.1, 0.15) is 0 Å². The molecule has 9 aromatic heterocycles. The first-order valence-electron chi connectivity index (χ1n) is 36.9. The highest BCUT2D eigenvalue weighted by Gasteiger charge is 2.25. The average molecular weight is 1470 g/mol. The molecule has 0 bridgehead atoms. The van der Waals surface area contributed by atoms with Crippen LogP contribution in [0.5, 0.6) is 0 Å². The van der Waals surface area contributed by atoms with Crippen LogP contribution in [-0.2, 0) is 0 Å². The summed E-state index contributed by atoms with van der Waals surface area (Å²) in [6.45, 7) is 0. The fourth-order valence-corrected chi connectivity index (χ4v) is 14.8. The van der Waals surface area contributed by atoms with Crippen LogP contribution in [0.4, 0.5) is 0 Å². The molecule has 0 N–H and O–H groups in total. The van der Waals surface area contributed by atoms with Crippen LogP contribution in [0.2, 0.25) is 0 Å². The van der Waals surface area contributed by atoms with Gasteiger partial charge >= 0.3 is 0 Å². The van der Waals surface area contributed by atoms with Gasteiger partial charge in [0.25, 0.3) is 0 Å². The van der Waals surface area contributed by atoms with Gasteiger partial charge < -0.3 is 0 Å². The van der Waals surface area contributed by atoms with Gasteiger partial charge in [0.1, 0.15) is 0 Å². The highest BCUT2D eigenvalue weighted by molar-refractivity contribution is 6.23. The van der Waals surface area contributed by atoms with E-state index in [2.05, 4.69) is 219 Å². The van der Waals surface area contributed by atoms with Crippen molar-refractivity contribution in [1.82, 2.24) is 89.7 Å². The molecule has 12 aromatic carbocycles. The monoisotopic (exact) mass is 1460 g/mol. The predicted octanol–water partition coefficient (Wildman–Crippen LogP) is 21.1. The summed E-state index contributed by atoms with van der Waals surface area (Å²) in [5.41, 5.74) is 14.6. The van der Waals surface area contributed by atoms with Gasteiger partial charge in [0.2, 0.25) is 0 Å². The number of fused-ring (bicyclic) bond motifs is 6. The molecule has 0 atom stereocenters. The first kappa shape index (κ1) is 68.5. The molecule has 18 nitrogen and oxygen atoms in total. The number of rotatable bonds is 12. The Hall–Kier alpha value is -16.1. The van der Waals surface area contributed by atoms with E-state index in [9.17, 15) is 0 Å². The molecule has 0 aliphatic heterocycles. The molecular formula is C96H60N18. The zero-order chi connectivity index (χ0) is 75.9. The van der Waals surface area contributed by atoms with E-state index in [0.717, 1.165) is 148 Å². The molecule has 21 rings (SSSR count). The Morgan fingerprint density at radius 2 is 0.333 bits per heavy atom. The number of benzene rings is 12. The summed E-state index contributed by atoms with van der Waals surface area (Å²) in [5.74, 6) is 6.04. The minimum atomic E-state index is 0.637. The number of aromatic nitrogens is 18. The molecule has 0 fully saturated rings. The van der Waals surface area contributed by atoms with Gasteiger partial charge in [0.15, 0.2) is 52.4 Å². The highest BCUT2D eigenvalue weighted by Crippen LogP contribution is 2.47. The van der Waals surface area contributed by atoms with Crippen molar-refractivity contribution in [3.05, 3.63) is 366 Å². The molecule has 21 aromatic rings. The van der Waals surface area contributed by atoms with Crippen LogP contribution < -0.4 is 0 Å². The Balaban J connectivity index is 0.000000116. The molecule has 114 heavy (non-hydrogen) atoms. The third-order valence-electron chi connectivity index (χ3n) is 19.8. The first-order valence-corrected chi connectivity index (χ1v) is 36.9. The zero-order valence-electron chi connectivity index (χ0n) is 60.7. The lowest BCUT2D eigenvalue weighted by Gasteiger charge is -2.16. The molecule has 534 valence electrons. The fourth-order valence-electron chi connectivity index (χ4n) is 14.8. The van der Waals surface area contributed by atoms with Crippen molar-refractivity contribution in [1.29, 1.82) is 0 Å². The topological polar surface area (TPSA) is 232 Å². The van der Waals surface area contributed by atoms with Crippen LogP contribution >= 0.6 is 0 Å². The molecule has 0 unspecified atom stereocenters. The molecule has 0 amide bonds. The van der Waals surface area contributed by atoms with Gasteiger partial charge in [-0.2, -0.15) is 0 Å². The van der Waals surface area contributed by atoms with Crippen LogP contribution in [0.15, 0.2) is 366 Å². The van der Waals surface area contributed by atoms with Crippen molar-refractivity contribution in [2.75, 3.05) is 0 Å². The van der Waals surface area contributed by atoms with Gasteiger partial charge in [-0.25, -0.2) is 89.7 Å². The fraction of sp³-hybridized carbons (Fsp3) is 0. The standard InChI is InChI=1S/C38H24N6.C32H20N6.C26H16N6/c1-3-11-25(12-4-1)32-24-33(26-13-5-2-6-14-26)44-36(43-32)27-17-18-30-31(23-27)35(38-41-21-10-22-42-38)29-16-8-7-15-28(29)34(30)37-39-19-9-20-40-37;1-2-7-25-24(6-1)28(31-35-16-4-17-36-31)26-13-12-23(20-27(26)29(25)32-37-18-5-19-38-32)21-8-10-22(11-9-21)30-33-14-3-15-34-30;1-2-7-19-18(6-1)22(25-29-12-4-13-30-25)20-9-8-17(24-27-10-3-11-28-24)16-21(20)23(19)26-31-14-5-15-32-26/h1-24H;1-20H;1-16H. The number of nitrogens with zero attached hydrogens (tertiary/aromatic N) is 18. The van der Waals surface area contributed by atoms with E-state index in [1.54, 1.807) is 99.1 Å². The van der Waals surface area contributed by atoms with Gasteiger partial charge in [-0.05, 0) is 149 Å². The third kappa shape index (κ3) is 13.4. The van der Waals surface area contributed by atoms with Crippen molar-refractivity contribution >= 4 is 64.6 Å². The Kier molecular flexibility index (Phi) is 18.5.